The second-order valence-corrected chi connectivity index (χ2v) is 5.73. The van der Waals surface area contributed by atoms with Crippen molar-refractivity contribution < 1.29 is 18.9 Å². The summed E-state index contributed by atoms with van der Waals surface area (Å²) >= 11 is 0. The molecule has 24 heavy (non-hydrogen) atoms. The molecule has 128 valence electrons. The van der Waals surface area contributed by atoms with Crippen LogP contribution in [0.3, 0.4) is 0 Å². The van der Waals surface area contributed by atoms with Gasteiger partial charge in [0, 0.05) is 12.6 Å². The average Bonchev–Trinajstić information content (AvgIpc) is 2.65. The van der Waals surface area contributed by atoms with Gasteiger partial charge in [0.25, 0.3) is 0 Å². The quantitative estimate of drug-likeness (QED) is 0.883. The molecular weight excluding hydrogens is 306 g/mol. The first kappa shape index (κ1) is 16.5. The fourth-order valence-electron chi connectivity index (χ4n) is 2.96. The van der Waals surface area contributed by atoms with Crippen molar-refractivity contribution in [3.8, 4) is 23.0 Å². The van der Waals surface area contributed by atoms with E-state index in [1.165, 1.54) is 5.56 Å². The SMILES string of the molecule is COc1cc(CN[C@@H]2COc3ccccc3C2)cc(OC)c1OC. The number of hydrogen-bond donors (Lipinski definition) is 1. The van der Waals surface area contributed by atoms with Gasteiger partial charge in [0.05, 0.1) is 21.3 Å². The molecule has 1 atom stereocenters. The van der Waals surface area contributed by atoms with Gasteiger partial charge in [-0.05, 0) is 35.7 Å². The van der Waals surface area contributed by atoms with Gasteiger partial charge >= 0.3 is 0 Å². The van der Waals surface area contributed by atoms with Gasteiger partial charge in [-0.3, -0.25) is 0 Å². The molecule has 0 amide bonds. The van der Waals surface area contributed by atoms with Crippen LogP contribution in [0.4, 0.5) is 0 Å². The normalized spacial score (nSPS) is 16.0. The molecule has 2 aromatic carbocycles. The van der Waals surface area contributed by atoms with Crippen LogP contribution in [0.1, 0.15) is 11.1 Å². The lowest BCUT2D eigenvalue weighted by Gasteiger charge is -2.26. The first-order chi connectivity index (χ1) is 11.7. The Balaban J connectivity index is 1.69. The van der Waals surface area contributed by atoms with Gasteiger partial charge < -0.3 is 24.3 Å². The van der Waals surface area contributed by atoms with E-state index in [9.17, 15) is 0 Å². The van der Waals surface area contributed by atoms with Crippen molar-refractivity contribution in [2.24, 2.45) is 0 Å². The number of rotatable bonds is 6. The highest BCUT2D eigenvalue weighted by Crippen LogP contribution is 2.38. The highest BCUT2D eigenvalue weighted by molar-refractivity contribution is 5.53. The van der Waals surface area contributed by atoms with E-state index < -0.39 is 0 Å². The molecular formula is C19H23NO4. The molecule has 1 aliphatic rings. The second-order valence-electron chi connectivity index (χ2n) is 5.73. The maximum atomic E-state index is 5.82. The van der Waals surface area contributed by atoms with Crippen LogP contribution in [0.5, 0.6) is 23.0 Å². The van der Waals surface area contributed by atoms with Crippen molar-refractivity contribution in [1.82, 2.24) is 5.32 Å². The lowest BCUT2D eigenvalue weighted by atomic mass is 10.0. The van der Waals surface area contributed by atoms with Crippen LogP contribution >= 0.6 is 0 Å². The Bertz CT molecular complexity index is 677. The van der Waals surface area contributed by atoms with Gasteiger partial charge in [-0.15, -0.1) is 0 Å². The number of para-hydroxylation sites is 1. The molecule has 1 N–H and O–H groups in total. The first-order valence-electron chi connectivity index (χ1n) is 7.98. The summed E-state index contributed by atoms with van der Waals surface area (Å²) in [5.74, 6) is 2.93. The average molecular weight is 329 g/mol. The highest BCUT2D eigenvalue weighted by Gasteiger charge is 2.19. The predicted molar refractivity (Wildman–Crippen MR) is 92.4 cm³/mol. The van der Waals surface area contributed by atoms with E-state index in [-0.39, 0.29) is 6.04 Å². The van der Waals surface area contributed by atoms with E-state index in [1.807, 2.05) is 30.3 Å². The van der Waals surface area contributed by atoms with Gasteiger partial charge in [0.15, 0.2) is 11.5 Å². The summed E-state index contributed by atoms with van der Waals surface area (Å²) in [5, 5.41) is 3.54. The molecule has 0 bridgehead atoms. The maximum Gasteiger partial charge on any atom is 0.203 e. The third kappa shape index (κ3) is 3.41. The standard InChI is InChI=1S/C19H23NO4/c1-21-17-8-13(9-18(22-2)19(17)23-3)11-20-15-10-14-6-4-5-7-16(14)24-12-15/h4-9,15,20H,10-12H2,1-3H3/t15-/m0/s1. The predicted octanol–water partition coefficient (Wildman–Crippen LogP) is 2.81. The molecule has 2 aromatic rings. The zero-order chi connectivity index (χ0) is 16.9. The molecule has 0 radical (unpaired) electrons. The van der Waals surface area contributed by atoms with Crippen molar-refractivity contribution in [1.29, 1.82) is 0 Å². The lowest BCUT2D eigenvalue weighted by molar-refractivity contribution is 0.238. The third-order valence-corrected chi connectivity index (χ3v) is 4.20. The van der Waals surface area contributed by atoms with Gasteiger partial charge in [0.1, 0.15) is 12.4 Å². The summed E-state index contributed by atoms with van der Waals surface area (Å²) in [4.78, 5) is 0. The molecule has 5 heteroatoms. The Labute approximate surface area is 142 Å². The Hall–Kier alpha value is -2.40. The lowest BCUT2D eigenvalue weighted by Crippen LogP contribution is -2.38. The van der Waals surface area contributed by atoms with Crippen LogP contribution in [0.15, 0.2) is 36.4 Å². The first-order valence-corrected chi connectivity index (χ1v) is 7.98. The van der Waals surface area contributed by atoms with Crippen LogP contribution in [-0.2, 0) is 13.0 Å². The van der Waals surface area contributed by atoms with Crippen LogP contribution in [-0.4, -0.2) is 34.0 Å². The summed E-state index contributed by atoms with van der Waals surface area (Å²) in [7, 11) is 4.86. The molecule has 0 aromatic heterocycles. The van der Waals surface area contributed by atoms with Crippen molar-refractivity contribution in [2.75, 3.05) is 27.9 Å². The minimum Gasteiger partial charge on any atom is -0.493 e. The zero-order valence-corrected chi connectivity index (χ0v) is 14.3. The summed E-state index contributed by atoms with van der Waals surface area (Å²) in [6, 6.07) is 12.4. The molecule has 0 spiro atoms. The molecule has 0 saturated carbocycles. The van der Waals surface area contributed by atoms with Crippen LogP contribution in [0, 0.1) is 0 Å². The molecule has 1 aliphatic heterocycles. The smallest absolute Gasteiger partial charge is 0.203 e. The van der Waals surface area contributed by atoms with Crippen molar-refractivity contribution in [3.05, 3.63) is 47.5 Å². The summed E-state index contributed by atoms with van der Waals surface area (Å²) in [6.45, 7) is 1.37. The van der Waals surface area contributed by atoms with E-state index in [2.05, 4.69) is 11.4 Å². The Morgan fingerprint density at radius 1 is 1.04 bits per heavy atom. The van der Waals surface area contributed by atoms with Gasteiger partial charge in [-0.25, -0.2) is 0 Å². The van der Waals surface area contributed by atoms with E-state index in [0.29, 0.717) is 30.4 Å². The van der Waals surface area contributed by atoms with Crippen molar-refractivity contribution in [2.45, 2.75) is 19.0 Å². The molecule has 0 saturated heterocycles. The largest absolute Gasteiger partial charge is 0.493 e. The minimum absolute atomic E-state index is 0.277. The molecule has 1 heterocycles. The maximum absolute atomic E-state index is 5.82. The number of methoxy groups -OCH3 is 3. The molecule has 3 rings (SSSR count). The Kier molecular flexibility index (Phi) is 5.11. The molecule has 0 unspecified atom stereocenters. The number of nitrogens with one attached hydrogen (secondary N) is 1. The van der Waals surface area contributed by atoms with Gasteiger partial charge in [-0.2, -0.15) is 0 Å². The Morgan fingerprint density at radius 3 is 2.42 bits per heavy atom. The molecule has 0 fully saturated rings. The second kappa shape index (κ2) is 7.45. The number of benzene rings is 2. The van der Waals surface area contributed by atoms with Gasteiger partial charge in [-0.1, -0.05) is 18.2 Å². The molecule has 5 nitrogen and oxygen atoms in total. The topological polar surface area (TPSA) is 49.0 Å². The third-order valence-electron chi connectivity index (χ3n) is 4.20. The summed E-state index contributed by atoms with van der Waals surface area (Å²) < 4.78 is 22.0. The summed E-state index contributed by atoms with van der Waals surface area (Å²) in [6.07, 6.45) is 0.959. The number of fused-ring (bicyclic) bond motifs is 1. The summed E-state index contributed by atoms with van der Waals surface area (Å²) in [5.41, 5.74) is 2.31. The monoisotopic (exact) mass is 329 g/mol. The van der Waals surface area contributed by atoms with E-state index >= 15 is 0 Å². The minimum atomic E-state index is 0.277. The van der Waals surface area contributed by atoms with E-state index in [0.717, 1.165) is 17.7 Å². The highest BCUT2D eigenvalue weighted by atomic mass is 16.5. The fourth-order valence-corrected chi connectivity index (χ4v) is 2.96. The zero-order valence-electron chi connectivity index (χ0n) is 14.3. The van der Waals surface area contributed by atoms with E-state index in [4.69, 9.17) is 18.9 Å². The molecule has 0 aliphatic carbocycles. The fraction of sp³-hybridized carbons (Fsp3) is 0.368. The van der Waals surface area contributed by atoms with Crippen LogP contribution in [0.2, 0.25) is 0 Å². The van der Waals surface area contributed by atoms with Crippen LogP contribution in [0.25, 0.3) is 0 Å². The van der Waals surface area contributed by atoms with Crippen molar-refractivity contribution in [3.63, 3.8) is 0 Å². The van der Waals surface area contributed by atoms with Crippen molar-refractivity contribution >= 4 is 0 Å². The van der Waals surface area contributed by atoms with Gasteiger partial charge in [0.2, 0.25) is 5.75 Å². The number of hydrogen-bond acceptors (Lipinski definition) is 5. The Morgan fingerprint density at radius 2 is 1.75 bits per heavy atom. The van der Waals surface area contributed by atoms with Crippen LogP contribution < -0.4 is 24.3 Å². The number of ether oxygens (including phenoxy) is 4. The van der Waals surface area contributed by atoms with E-state index in [1.54, 1.807) is 21.3 Å².